The topological polar surface area (TPSA) is 161 Å². The van der Waals surface area contributed by atoms with E-state index in [1.807, 2.05) is 29.3 Å². The van der Waals surface area contributed by atoms with Gasteiger partial charge in [0.05, 0.1) is 30.4 Å². The van der Waals surface area contributed by atoms with Gasteiger partial charge in [0.2, 0.25) is 0 Å². The van der Waals surface area contributed by atoms with Gasteiger partial charge in [0.25, 0.3) is 0 Å². The lowest BCUT2D eigenvalue weighted by molar-refractivity contribution is 0.134. The summed E-state index contributed by atoms with van der Waals surface area (Å²) in [6.07, 6.45) is 10.1. The van der Waals surface area contributed by atoms with Crippen LogP contribution in [0.5, 0.6) is 0 Å². The van der Waals surface area contributed by atoms with Crippen molar-refractivity contribution in [3.63, 3.8) is 0 Å². The Kier molecular flexibility index (Phi) is 5.91. The van der Waals surface area contributed by atoms with Gasteiger partial charge in [-0.3, -0.25) is 4.68 Å². The summed E-state index contributed by atoms with van der Waals surface area (Å²) < 4.78 is 10.8. The first-order chi connectivity index (χ1) is 13.3. The number of aromatic nitrogens is 5. The number of hydrogen-bond donors (Lipinski definition) is 4. The van der Waals surface area contributed by atoms with E-state index in [0.29, 0.717) is 12.3 Å². The zero-order valence-electron chi connectivity index (χ0n) is 15.2. The maximum Gasteiger partial charge on any atom is 0.466 e. The van der Waals surface area contributed by atoms with Crippen molar-refractivity contribution in [3.8, 4) is 17.3 Å². The van der Waals surface area contributed by atoms with E-state index in [-0.39, 0.29) is 6.04 Å². The minimum Gasteiger partial charge on any atom is -0.346 e. The molecule has 0 aromatic carbocycles. The molecular formula is C17H21N6O4P. The van der Waals surface area contributed by atoms with Crippen LogP contribution in [0.15, 0.2) is 31.0 Å². The highest BCUT2D eigenvalue weighted by atomic mass is 31.2. The van der Waals surface area contributed by atoms with Crippen molar-refractivity contribution in [2.75, 3.05) is 0 Å². The average molecular weight is 404 g/mol. The summed E-state index contributed by atoms with van der Waals surface area (Å²) in [7, 11) is -4.64. The van der Waals surface area contributed by atoms with E-state index in [4.69, 9.17) is 24.5 Å². The maximum absolute atomic E-state index is 9.15. The number of aromatic amines is 1. The van der Waals surface area contributed by atoms with E-state index >= 15 is 0 Å². The third kappa shape index (κ3) is 4.82. The maximum atomic E-state index is 9.15. The van der Waals surface area contributed by atoms with Crippen LogP contribution in [0.4, 0.5) is 0 Å². The summed E-state index contributed by atoms with van der Waals surface area (Å²) in [5.74, 6) is 1.31. The molecule has 148 valence electrons. The minimum absolute atomic E-state index is 0.161. The SMILES string of the molecule is CC1CC([C@@H](CC#N)n2cc(-c3ncnc4[nH]ccc34)cn2)C1.O=P(O)(O)O. The Balaban J connectivity index is 0.000000403. The van der Waals surface area contributed by atoms with Crippen LogP contribution < -0.4 is 0 Å². The molecule has 3 aromatic rings. The Bertz CT molecular complexity index is 1020. The Morgan fingerprint density at radius 2 is 2.11 bits per heavy atom. The largest absolute Gasteiger partial charge is 0.466 e. The molecule has 11 heteroatoms. The molecule has 0 amide bonds. The summed E-state index contributed by atoms with van der Waals surface area (Å²) in [5.41, 5.74) is 2.66. The average Bonchev–Trinajstić information content (AvgIpc) is 3.24. The third-order valence-corrected chi connectivity index (χ3v) is 4.82. The molecule has 4 rings (SSSR count). The van der Waals surface area contributed by atoms with E-state index in [2.05, 4.69) is 33.0 Å². The number of phosphoric acid groups is 1. The van der Waals surface area contributed by atoms with Crippen LogP contribution in [0, 0.1) is 23.2 Å². The molecule has 10 nitrogen and oxygen atoms in total. The number of nitriles is 1. The molecule has 0 bridgehead atoms. The second kappa shape index (κ2) is 8.20. The van der Waals surface area contributed by atoms with Crippen LogP contribution in [0.2, 0.25) is 0 Å². The van der Waals surface area contributed by atoms with Crippen molar-refractivity contribution in [2.45, 2.75) is 32.2 Å². The van der Waals surface area contributed by atoms with Crippen molar-refractivity contribution in [1.82, 2.24) is 24.7 Å². The van der Waals surface area contributed by atoms with Crippen LogP contribution in [0.1, 0.15) is 32.2 Å². The highest BCUT2D eigenvalue weighted by molar-refractivity contribution is 7.45. The number of hydrogen-bond acceptors (Lipinski definition) is 5. The fourth-order valence-corrected chi connectivity index (χ4v) is 3.59. The van der Waals surface area contributed by atoms with Crippen molar-refractivity contribution in [1.29, 1.82) is 5.26 Å². The van der Waals surface area contributed by atoms with Crippen LogP contribution in [-0.4, -0.2) is 39.4 Å². The van der Waals surface area contributed by atoms with Gasteiger partial charge in [0.15, 0.2) is 0 Å². The van der Waals surface area contributed by atoms with Crippen molar-refractivity contribution >= 4 is 18.9 Å². The first-order valence-electron chi connectivity index (χ1n) is 8.74. The lowest BCUT2D eigenvalue weighted by atomic mass is 9.71. The summed E-state index contributed by atoms with van der Waals surface area (Å²) in [6, 6.07) is 4.45. The molecule has 3 heterocycles. The zero-order chi connectivity index (χ0) is 20.3. The van der Waals surface area contributed by atoms with Crippen LogP contribution in [0.25, 0.3) is 22.3 Å². The Morgan fingerprint density at radius 3 is 2.75 bits per heavy atom. The molecule has 0 spiro atoms. The molecule has 1 saturated carbocycles. The quantitative estimate of drug-likeness (QED) is 0.482. The van der Waals surface area contributed by atoms with Crippen LogP contribution in [0.3, 0.4) is 0 Å². The molecule has 0 unspecified atom stereocenters. The summed E-state index contributed by atoms with van der Waals surface area (Å²) >= 11 is 0. The fourth-order valence-electron chi connectivity index (χ4n) is 3.59. The van der Waals surface area contributed by atoms with Gasteiger partial charge in [0.1, 0.15) is 12.0 Å². The molecule has 1 aliphatic carbocycles. The molecule has 1 atom stereocenters. The number of H-pyrrole nitrogens is 1. The Hall–Kier alpha value is -2.57. The van der Waals surface area contributed by atoms with Gasteiger partial charge in [-0.2, -0.15) is 10.4 Å². The van der Waals surface area contributed by atoms with Crippen molar-refractivity contribution in [3.05, 3.63) is 31.0 Å². The normalized spacial score (nSPS) is 20.0. The van der Waals surface area contributed by atoms with Crippen LogP contribution in [-0.2, 0) is 4.57 Å². The highest BCUT2D eigenvalue weighted by Gasteiger charge is 2.34. The summed E-state index contributed by atoms with van der Waals surface area (Å²) in [5, 5.41) is 14.7. The van der Waals surface area contributed by atoms with E-state index in [0.717, 1.165) is 28.2 Å². The molecule has 0 saturated heterocycles. The second-order valence-electron chi connectivity index (χ2n) is 6.95. The van der Waals surface area contributed by atoms with Crippen molar-refractivity contribution < 1.29 is 19.2 Å². The van der Waals surface area contributed by atoms with Gasteiger partial charge >= 0.3 is 7.82 Å². The summed E-state index contributed by atoms with van der Waals surface area (Å²) in [6.45, 7) is 2.26. The lowest BCUT2D eigenvalue weighted by Gasteiger charge is -2.37. The van der Waals surface area contributed by atoms with Crippen molar-refractivity contribution in [2.24, 2.45) is 11.8 Å². The number of rotatable bonds is 4. The third-order valence-electron chi connectivity index (χ3n) is 4.82. The molecule has 0 radical (unpaired) electrons. The minimum atomic E-state index is -4.64. The van der Waals surface area contributed by atoms with Gasteiger partial charge in [-0.1, -0.05) is 6.92 Å². The zero-order valence-corrected chi connectivity index (χ0v) is 16.1. The van der Waals surface area contributed by atoms with E-state index in [9.17, 15) is 0 Å². The van der Waals surface area contributed by atoms with Gasteiger partial charge in [0, 0.05) is 23.3 Å². The Labute approximate surface area is 161 Å². The standard InChI is InChI=1S/C17H18N6.H3O4P/c1-11-6-12(7-11)15(2-4-18)23-9-13(8-22-23)16-14-3-5-19-17(14)21-10-20-16;1-5(2,3)4/h3,5,8-12,15H,2,6-7H2,1H3,(H,19,20,21);(H3,1,2,3,4)/t11?,12?,15-;/m1./s1. The highest BCUT2D eigenvalue weighted by Crippen LogP contribution is 2.42. The van der Waals surface area contributed by atoms with Gasteiger partial charge in [-0.15, -0.1) is 0 Å². The van der Waals surface area contributed by atoms with Gasteiger partial charge in [-0.25, -0.2) is 14.5 Å². The molecule has 0 aliphatic heterocycles. The second-order valence-corrected chi connectivity index (χ2v) is 7.98. The molecule has 4 N–H and O–H groups in total. The molecule has 3 aromatic heterocycles. The first kappa shape index (κ1) is 20.2. The fraction of sp³-hybridized carbons (Fsp3) is 0.412. The summed E-state index contributed by atoms with van der Waals surface area (Å²) in [4.78, 5) is 33.3. The smallest absolute Gasteiger partial charge is 0.346 e. The van der Waals surface area contributed by atoms with E-state index in [1.54, 1.807) is 6.33 Å². The monoisotopic (exact) mass is 404 g/mol. The van der Waals surface area contributed by atoms with Gasteiger partial charge in [-0.05, 0) is 30.7 Å². The van der Waals surface area contributed by atoms with E-state index < -0.39 is 7.82 Å². The lowest BCUT2D eigenvalue weighted by Crippen LogP contribution is -2.30. The van der Waals surface area contributed by atoms with Gasteiger partial charge < -0.3 is 19.7 Å². The molecule has 1 aliphatic rings. The number of nitrogens with one attached hydrogen (secondary N) is 1. The first-order valence-corrected chi connectivity index (χ1v) is 10.3. The molecule has 28 heavy (non-hydrogen) atoms. The number of nitrogens with zero attached hydrogens (tertiary/aromatic N) is 5. The predicted molar refractivity (Wildman–Crippen MR) is 101 cm³/mol. The van der Waals surface area contributed by atoms with Crippen LogP contribution >= 0.6 is 7.82 Å². The van der Waals surface area contributed by atoms with E-state index in [1.165, 1.54) is 12.8 Å². The molecular weight excluding hydrogens is 383 g/mol. The Morgan fingerprint density at radius 1 is 1.39 bits per heavy atom. The predicted octanol–water partition coefficient (Wildman–Crippen LogP) is 2.39. The number of fused-ring (bicyclic) bond motifs is 1. The molecule has 1 fully saturated rings.